The van der Waals surface area contributed by atoms with Crippen LogP contribution in [0.4, 0.5) is 11.4 Å². The van der Waals surface area contributed by atoms with E-state index in [9.17, 15) is 9.59 Å². The van der Waals surface area contributed by atoms with Gasteiger partial charge in [-0.1, -0.05) is 41.4 Å². The first-order valence-corrected chi connectivity index (χ1v) is 9.08. The highest BCUT2D eigenvalue weighted by Crippen LogP contribution is 2.24. The fourth-order valence-corrected chi connectivity index (χ4v) is 2.88. The van der Waals surface area contributed by atoms with Gasteiger partial charge in [-0.05, 0) is 37.3 Å². The first kappa shape index (κ1) is 20.2. The molecular formula is C19H22Cl2N3O2+. The smallest absolute Gasteiger partial charge is 0.282 e. The second-order valence-electron chi connectivity index (χ2n) is 5.96. The van der Waals surface area contributed by atoms with Gasteiger partial charge in [-0.25, -0.2) is 0 Å². The SMILES string of the molecule is CCN(C(=O)C[NH+](C)CC(=O)Nc1ccc(Cl)c(Cl)c1)c1ccccc1. The number of benzene rings is 2. The fraction of sp³-hybridized carbons (Fsp3) is 0.263. The molecule has 0 spiro atoms. The molecule has 0 radical (unpaired) electrons. The molecule has 0 saturated heterocycles. The van der Waals surface area contributed by atoms with Gasteiger partial charge in [0.1, 0.15) is 0 Å². The Morgan fingerprint density at radius 2 is 1.73 bits per heavy atom. The van der Waals surface area contributed by atoms with Gasteiger partial charge in [-0.2, -0.15) is 0 Å². The van der Waals surface area contributed by atoms with Crippen molar-refractivity contribution >= 4 is 46.4 Å². The van der Waals surface area contributed by atoms with Crippen molar-refractivity contribution in [1.82, 2.24) is 0 Å². The van der Waals surface area contributed by atoms with E-state index in [1.165, 1.54) is 0 Å². The summed E-state index contributed by atoms with van der Waals surface area (Å²) in [6.45, 7) is 2.89. The van der Waals surface area contributed by atoms with E-state index in [1.807, 2.05) is 44.3 Å². The Bertz CT molecular complexity index is 769. The molecule has 26 heavy (non-hydrogen) atoms. The average Bonchev–Trinajstić information content (AvgIpc) is 2.59. The summed E-state index contributed by atoms with van der Waals surface area (Å²) in [5.41, 5.74) is 1.43. The van der Waals surface area contributed by atoms with E-state index in [4.69, 9.17) is 23.2 Å². The zero-order valence-electron chi connectivity index (χ0n) is 14.8. The van der Waals surface area contributed by atoms with Gasteiger partial charge in [-0.3, -0.25) is 9.59 Å². The van der Waals surface area contributed by atoms with Crippen LogP contribution < -0.4 is 15.1 Å². The molecule has 5 nitrogen and oxygen atoms in total. The minimum Gasteiger partial charge on any atom is -0.322 e. The number of likely N-dealkylation sites (N-methyl/N-ethyl adjacent to an activating group) is 2. The standard InChI is InChI=1S/C19H21Cl2N3O2/c1-3-24(15-7-5-4-6-8-15)19(26)13-23(2)12-18(25)22-14-9-10-16(20)17(21)11-14/h4-11H,3,12-13H2,1-2H3,(H,22,25)/p+1. The molecule has 0 aliphatic heterocycles. The van der Waals surface area contributed by atoms with E-state index >= 15 is 0 Å². The number of quaternary nitrogens is 1. The third-order valence-corrected chi connectivity index (χ3v) is 4.54. The van der Waals surface area contributed by atoms with E-state index in [-0.39, 0.29) is 24.9 Å². The van der Waals surface area contributed by atoms with Crippen molar-refractivity contribution in [2.45, 2.75) is 6.92 Å². The summed E-state index contributed by atoms with van der Waals surface area (Å²) in [6.07, 6.45) is 0. The molecule has 2 amide bonds. The van der Waals surface area contributed by atoms with Crippen LogP contribution in [-0.2, 0) is 9.59 Å². The number of carbonyl (C=O) groups is 2. The molecule has 2 aromatic carbocycles. The number of rotatable bonds is 7. The van der Waals surface area contributed by atoms with Crippen LogP contribution in [0.3, 0.4) is 0 Å². The Balaban J connectivity index is 1.90. The van der Waals surface area contributed by atoms with E-state index in [0.29, 0.717) is 22.3 Å². The van der Waals surface area contributed by atoms with Crippen molar-refractivity contribution in [3.8, 4) is 0 Å². The Morgan fingerprint density at radius 1 is 1.04 bits per heavy atom. The highest BCUT2D eigenvalue weighted by molar-refractivity contribution is 6.42. The van der Waals surface area contributed by atoms with Crippen molar-refractivity contribution in [2.24, 2.45) is 0 Å². The zero-order valence-corrected chi connectivity index (χ0v) is 16.3. The highest BCUT2D eigenvalue weighted by Gasteiger charge is 2.20. The molecule has 138 valence electrons. The Labute approximate surface area is 163 Å². The molecule has 0 aliphatic rings. The Kier molecular flexibility index (Phi) is 7.45. The van der Waals surface area contributed by atoms with E-state index < -0.39 is 0 Å². The van der Waals surface area contributed by atoms with Gasteiger partial charge in [0.25, 0.3) is 11.8 Å². The van der Waals surface area contributed by atoms with Crippen LogP contribution in [0.2, 0.25) is 10.0 Å². The van der Waals surface area contributed by atoms with Crippen molar-refractivity contribution in [3.63, 3.8) is 0 Å². The molecule has 0 heterocycles. The normalized spacial score (nSPS) is 11.7. The zero-order chi connectivity index (χ0) is 19.1. The molecule has 0 aromatic heterocycles. The summed E-state index contributed by atoms with van der Waals surface area (Å²) in [7, 11) is 1.81. The number of hydrogen-bond donors (Lipinski definition) is 2. The molecule has 2 rings (SSSR count). The quantitative estimate of drug-likeness (QED) is 0.757. The number of hydrogen-bond acceptors (Lipinski definition) is 2. The van der Waals surface area contributed by atoms with Crippen molar-refractivity contribution in [1.29, 1.82) is 0 Å². The summed E-state index contributed by atoms with van der Waals surface area (Å²) < 4.78 is 0. The lowest BCUT2D eigenvalue weighted by Crippen LogP contribution is -3.11. The number of nitrogens with one attached hydrogen (secondary N) is 2. The lowest BCUT2D eigenvalue weighted by Gasteiger charge is -2.22. The molecule has 0 saturated carbocycles. The first-order valence-electron chi connectivity index (χ1n) is 8.32. The summed E-state index contributed by atoms with van der Waals surface area (Å²) >= 11 is 11.8. The number of nitrogens with zero attached hydrogens (tertiary/aromatic N) is 1. The number of anilines is 2. The summed E-state index contributed by atoms with van der Waals surface area (Å²) in [4.78, 5) is 27.2. The topological polar surface area (TPSA) is 53.9 Å². The molecule has 0 bridgehead atoms. The molecule has 0 fully saturated rings. The molecule has 7 heteroatoms. The minimum absolute atomic E-state index is 0.0291. The molecule has 2 N–H and O–H groups in total. The second-order valence-corrected chi connectivity index (χ2v) is 6.78. The first-order chi connectivity index (χ1) is 12.4. The molecular weight excluding hydrogens is 373 g/mol. The number of amides is 2. The maximum Gasteiger partial charge on any atom is 0.282 e. The van der Waals surface area contributed by atoms with Gasteiger partial charge in [0, 0.05) is 17.9 Å². The van der Waals surface area contributed by atoms with Crippen LogP contribution >= 0.6 is 23.2 Å². The molecule has 1 unspecified atom stereocenters. The van der Waals surface area contributed by atoms with E-state index in [0.717, 1.165) is 10.6 Å². The van der Waals surface area contributed by atoms with Gasteiger partial charge >= 0.3 is 0 Å². The number of carbonyl (C=O) groups excluding carboxylic acids is 2. The lowest BCUT2D eigenvalue weighted by molar-refractivity contribution is -0.862. The van der Waals surface area contributed by atoms with Crippen LogP contribution in [0.1, 0.15) is 6.92 Å². The van der Waals surface area contributed by atoms with Crippen LogP contribution in [0.5, 0.6) is 0 Å². The summed E-state index contributed by atoms with van der Waals surface area (Å²) in [5, 5.41) is 3.57. The van der Waals surface area contributed by atoms with Crippen molar-refractivity contribution in [3.05, 3.63) is 58.6 Å². The average molecular weight is 395 g/mol. The van der Waals surface area contributed by atoms with Crippen LogP contribution in [-0.4, -0.2) is 38.5 Å². The van der Waals surface area contributed by atoms with Gasteiger partial charge < -0.3 is 15.1 Å². The summed E-state index contributed by atoms with van der Waals surface area (Å²) in [6, 6.07) is 14.4. The van der Waals surface area contributed by atoms with Gasteiger partial charge in [0.15, 0.2) is 13.1 Å². The molecule has 2 aromatic rings. The Morgan fingerprint density at radius 3 is 2.35 bits per heavy atom. The number of halogens is 2. The van der Waals surface area contributed by atoms with Crippen LogP contribution in [0.25, 0.3) is 0 Å². The fourth-order valence-electron chi connectivity index (χ4n) is 2.58. The number of para-hydroxylation sites is 1. The minimum atomic E-state index is -0.198. The van der Waals surface area contributed by atoms with Gasteiger partial charge in [-0.15, -0.1) is 0 Å². The van der Waals surface area contributed by atoms with Gasteiger partial charge in [0.05, 0.1) is 17.1 Å². The van der Waals surface area contributed by atoms with Crippen molar-refractivity contribution < 1.29 is 14.5 Å². The van der Waals surface area contributed by atoms with E-state index in [1.54, 1.807) is 23.1 Å². The van der Waals surface area contributed by atoms with Crippen molar-refractivity contribution in [2.75, 3.05) is 36.9 Å². The largest absolute Gasteiger partial charge is 0.322 e. The second kappa shape index (κ2) is 9.57. The lowest BCUT2D eigenvalue weighted by atomic mass is 10.2. The predicted molar refractivity (Wildman–Crippen MR) is 106 cm³/mol. The monoisotopic (exact) mass is 394 g/mol. The highest BCUT2D eigenvalue weighted by atomic mass is 35.5. The van der Waals surface area contributed by atoms with E-state index in [2.05, 4.69) is 5.32 Å². The maximum absolute atomic E-state index is 12.5. The maximum atomic E-state index is 12.5. The third-order valence-electron chi connectivity index (χ3n) is 3.80. The summed E-state index contributed by atoms with van der Waals surface area (Å²) in [5.74, 6) is -0.227. The third kappa shape index (κ3) is 5.73. The van der Waals surface area contributed by atoms with Gasteiger partial charge in [0.2, 0.25) is 0 Å². The molecule has 1 atom stereocenters. The van der Waals surface area contributed by atoms with Crippen LogP contribution in [0.15, 0.2) is 48.5 Å². The Hall–Kier alpha value is -2.08. The van der Waals surface area contributed by atoms with Crippen LogP contribution in [0, 0.1) is 0 Å². The molecule has 0 aliphatic carbocycles. The predicted octanol–water partition coefficient (Wildman–Crippen LogP) is 2.50.